The molecule has 14 heavy (non-hydrogen) atoms. The standard InChI is InChI=1S/C12H12Br2/c1-3-4-9(2)7-10-8-11(13)5-6-12(10)14/h5-6,8-9H,7H2,1-2H3. The van der Waals surface area contributed by atoms with Crippen LogP contribution in [0.4, 0.5) is 0 Å². The zero-order valence-corrected chi connectivity index (χ0v) is 11.4. The molecule has 0 aliphatic carbocycles. The molecule has 0 spiro atoms. The quantitative estimate of drug-likeness (QED) is 0.709. The summed E-state index contributed by atoms with van der Waals surface area (Å²) in [6.45, 7) is 4.02. The van der Waals surface area contributed by atoms with Crippen LogP contribution < -0.4 is 0 Å². The van der Waals surface area contributed by atoms with E-state index in [1.807, 2.05) is 13.0 Å². The molecule has 1 aromatic carbocycles. The fourth-order valence-corrected chi connectivity index (χ4v) is 2.14. The lowest BCUT2D eigenvalue weighted by atomic mass is 10.0. The highest BCUT2D eigenvalue weighted by molar-refractivity contribution is 9.11. The van der Waals surface area contributed by atoms with Gasteiger partial charge in [0.05, 0.1) is 0 Å². The van der Waals surface area contributed by atoms with Gasteiger partial charge < -0.3 is 0 Å². The zero-order chi connectivity index (χ0) is 10.6. The summed E-state index contributed by atoms with van der Waals surface area (Å²) in [6, 6.07) is 6.23. The van der Waals surface area contributed by atoms with Crippen molar-refractivity contribution in [3.8, 4) is 11.8 Å². The number of hydrogen-bond acceptors (Lipinski definition) is 0. The minimum atomic E-state index is 0.408. The predicted molar refractivity (Wildman–Crippen MR) is 68.2 cm³/mol. The summed E-state index contributed by atoms with van der Waals surface area (Å²) in [4.78, 5) is 0. The van der Waals surface area contributed by atoms with Gasteiger partial charge in [0.25, 0.3) is 0 Å². The maximum Gasteiger partial charge on any atom is 0.0215 e. The van der Waals surface area contributed by atoms with Crippen LogP contribution in [0.1, 0.15) is 19.4 Å². The van der Waals surface area contributed by atoms with E-state index >= 15 is 0 Å². The van der Waals surface area contributed by atoms with Crippen LogP contribution in [0, 0.1) is 17.8 Å². The Kier molecular flexibility index (Phi) is 4.71. The van der Waals surface area contributed by atoms with Gasteiger partial charge >= 0.3 is 0 Å². The highest BCUT2D eigenvalue weighted by Crippen LogP contribution is 2.23. The maximum atomic E-state index is 3.54. The van der Waals surface area contributed by atoms with E-state index in [4.69, 9.17) is 0 Å². The molecule has 0 aliphatic heterocycles. The largest absolute Gasteiger partial charge is 0.106 e. The Morgan fingerprint density at radius 1 is 1.36 bits per heavy atom. The number of rotatable bonds is 2. The molecule has 1 unspecified atom stereocenters. The van der Waals surface area contributed by atoms with Crippen molar-refractivity contribution >= 4 is 31.9 Å². The molecule has 1 rings (SSSR count). The fraction of sp³-hybridized carbons (Fsp3) is 0.333. The third-order valence-corrected chi connectivity index (χ3v) is 3.19. The molecule has 0 amide bonds. The summed E-state index contributed by atoms with van der Waals surface area (Å²) < 4.78 is 2.28. The van der Waals surface area contributed by atoms with Crippen LogP contribution in [-0.2, 0) is 6.42 Å². The van der Waals surface area contributed by atoms with Crippen LogP contribution in [0.15, 0.2) is 27.1 Å². The van der Waals surface area contributed by atoms with Gasteiger partial charge in [-0.25, -0.2) is 0 Å². The molecule has 0 nitrogen and oxygen atoms in total. The topological polar surface area (TPSA) is 0 Å². The molecule has 0 heterocycles. The molecule has 0 aromatic heterocycles. The van der Waals surface area contributed by atoms with Crippen LogP contribution in [0.25, 0.3) is 0 Å². The lowest BCUT2D eigenvalue weighted by molar-refractivity contribution is 0.747. The molecule has 0 saturated heterocycles. The Labute approximate surface area is 102 Å². The molecule has 1 atom stereocenters. The lowest BCUT2D eigenvalue weighted by Gasteiger charge is -2.07. The van der Waals surface area contributed by atoms with E-state index in [-0.39, 0.29) is 0 Å². The normalized spacial score (nSPS) is 11.7. The van der Waals surface area contributed by atoms with E-state index < -0.39 is 0 Å². The second kappa shape index (κ2) is 5.58. The molecule has 2 heteroatoms. The number of benzene rings is 1. The minimum absolute atomic E-state index is 0.408. The number of hydrogen-bond donors (Lipinski definition) is 0. The van der Waals surface area contributed by atoms with E-state index in [2.05, 4.69) is 62.8 Å². The first-order valence-corrected chi connectivity index (χ1v) is 6.08. The van der Waals surface area contributed by atoms with E-state index in [9.17, 15) is 0 Å². The molecule has 0 fully saturated rings. The first kappa shape index (κ1) is 11.8. The Balaban J connectivity index is 2.83. The van der Waals surface area contributed by atoms with Gasteiger partial charge in [0.1, 0.15) is 0 Å². The molecule has 0 radical (unpaired) electrons. The second-order valence-electron chi connectivity index (χ2n) is 3.24. The molecule has 0 N–H and O–H groups in total. The Morgan fingerprint density at radius 3 is 2.71 bits per heavy atom. The van der Waals surface area contributed by atoms with E-state index in [1.165, 1.54) is 5.56 Å². The molecular weight excluding hydrogens is 304 g/mol. The van der Waals surface area contributed by atoms with Crippen LogP contribution in [0.2, 0.25) is 0 Å². The lowest BCUT2D eigenvalue weighted by Crippen LogP contribution is -1.97. The first-order chi connectivity index (χ1) is 6.63. The summed E-state index contributed by atoms with van der Waals surface area (Å²) in [7, 11) is 0. The van der Waals surface area contributed by atoms with Gasteiger partial charge in [-0.2, -0.15) is 0 Å². The van der Waals surface area contributed by atoms with Crippen molar-refractivity contribution in [2.24, 2.45) is 5.92 Å². The maximum absolute atomic E-state index is 3.54. The molecule has 74 valence electrons. The van der Waals surface area contributed by atoms with Crippen molar-refractivity contribution in [2.45, 2.75) is 20.3 Å². The Hall–Kier alpha value is -0.260. The van der Waals surface area contributed by atoms with Gasteiger partial charge in [-0.05, 0) is 37.1 Å². The van der Waals surface area contributed by atoms with Crippen molar-refractivity contribution in [1.29, 1.82) is 0 Å². The average molecular weight is 316 g/mol. The summed E-state index contributed by atoms with van der Waals surface area (Å²) in [5, 5.41) is 0. The third kappa shape index (κ3) is 3.48. The summed E-state index contributed by atoms with van der Waals surface area (Å²) in [5.41, 5.74) is 1.30. The Bertz CT molecular complexity index is 372. The van der Waals surface area contributed by atoms with E-state index in [1.54, 1.807) is 0 Å². The van der Waals surface area contributed by atoms with E-state index in [0.717, 1.165) is 15.4 Å². The van der Waals surface area contributed by atoms with Crippen LogP contribution in [0.3, 0.4) is 0 Å². The van der Waals surface area contributed by atoms with Gasteiger partial charge in [0, 0.05) is 14.9 Å². The van der Waals surface area contributed by atoms with Crippen LogP contribution in [0.5, 0.6) is 0 Å². The SMILES string of the molecule is CC#CC(C)Cc1cc(Br)ccc1Br. The Morgan fingerprint density at radius 2 is 2.07 bits per heavy atom. The van der Waals surface area contributed by atoms with E-state index in [0.29, 0.717) is 5.92 Å². The van der Waals surface area contributed by atoms with Crippen LogP contribution in [-0.4, -0.2) is 0 Å². The average Bonchev–Trinajstić information content (AvgIpc) is 2.12. The highest BCUT2D eigenvalue weighted by Gasteiger charge is 2.04. The van der Waals surface area contributed by atoms with Crippen molar-refractivity contribution in [3.63, 3.8) is 0 Å². The summed E-state index contributed by atoms with van der Waals surface area (Å²) in [5.74, 6) is 6.51. The monoisotopic (exact) mass is 314 g/mol. The van der Waals surface area contributed by atoms with Crippen LogP contribution >= 0.6 is 31.9 Å². The fourth-order valence-electron chi connectivity index (χ4n) is 1.33. The minimum Gasteiger partial charge on any atom is -0.106 e. The third-order valence-electron chi connectivity index (χ3n) is 1.92. The van der Waals surface area contributed by atoms with Crippen molar-refractivity contribution in [2.75, 3.05) is 0 Å². The van der Waals surface area contributed by atoms with Crippen molar-refractivity contribution in [1.82, 2.24) is 0 Å². The highest BCUT2D eigenvalue weighted by atomic mass is 79.9. The van der Waals surface area contributed by atoms with Gasteiger partial charge in [0.2, 0.25) is 0 Å². The summed E-state index contributed by atoms with van der Waals surface area (Å²) in [6.07, 6.45) is 0.987. The predicted octanol–water partition coefficient (Wildman–Crippen LogP) is 4.41. The van der Waals surface area contributed by atoms with Gasteiger partial charge in [0.15, 0.2) is 0 Å². The zero-order valence-electron chi connectivity index (χ0n) is 8.27. The molecule has 0 bridgehead atoms. The molecule has 1 aromatic rings. The molecule has 0 saturated carbocycles. The first-order valence-electron chi connectivity index (χ1n) is 4.49. The van der Waals surface area contributed by atoms with Gasteiger partial charge in [-0.3, -0.25) is 0 Å². The van der Waals surface area contributed by atoms with Crippen molar-refractivity contribution < 1.29 is 0 Å². The second-order valence-corrected chi connectivity index (χ2v) is 5.01. The smallest absolute Gasteiger partial charge is 0.0215 e. The van der Waals surface area contributed by atoms with Crippen molar-refractivity contribution in [3.05, 3.63) is 32.7 Å². The van der Waals surface area contributed by atoms with Gasteiger partial charge in [-0.15, -0.1) is 11.8 Å². The summed E-state index contributed by atoms with van der Waals surface area (Å²) >= 11 is 7.01. The number of halogens is 2. The molecular formula is C12H12Br2. The van der Waals surface area contributed by atoms with Gasteiger partial charge in [-0.1, -0.05) is 38.8 Å². The molecule has 0 aliphatic rings.